The SMILES string of the molecule is CCn1nc(C)c(Cl)c1COc1ccc(N)c(F)c1. The number of hydrogen-bond acceptors (Lipinski definition) is 3. The van der Waals surface area contributed by atoms with Crippen LogP contribution >= 0.6 is 11.6 Å². The largest absolute Gasteiger partial charge is 0.487 e. The predicted octanol–water partition coefficient (Wildman–Crippen LogP) is 3.17. The van der Waals surface area contributed by atoms with E-state index in [0.29, 0.717) is 17.3 Å². The van der Waals surface area contributed by atoms with Gasteiger partial charge in [-0.3, -0.25) is 4.68 Å². The van der Waals surface area contributed by atoms with Crippen molar-refractivity contribution in [1.82, 2.24) is 9.78 Å². The number of anilines is 1. The normalized spacial score (nSPS) is 10.7. The van der Waals surface area contributed by atoms with Crippen molar-refractivity contribution in [3.63, 3.8) is 0 Å². The molecule has 0 aliphatic carbocycles. The first-order valence-electron chi connectivity index (χ1n) is 5.92. The quantitative estimate of drug-likeness (QED) is 0.877. The number of ether oxygens (including phenoxy) is 1. The average molecular weight is 284 g/mol. The molecule has 0 radical (unpaired) electrons. The molecule has 1 aromatic carbocycles. The van der Waals surface area contributed by atoms with Gasteiger partial charge in [-0.1, -0.05) is 11.6 Å². The number of benzene rings is 1. The minimum atomic E-state index is -0.497. The van der Waals surface area contributed by atoms with E-state index in [2.05, 4.69) is 5.10 Å². The standard InChI is InChI=1S/C13H15ClFN3O/c1-3-18-12(13(14)8(2)17-18)7-19-9-4-5-11(16)10(15)6-9/h4-6H,3,7,16H2,1-2H3. The summed E-state index contributed by atoms with van der Waals surface area (Å²) < 4.78 is 20.6. The number of hydrogen-bond donors (Lipinski definition) is 1. The van der Waals surface area contributed by atoms with E-state index in [4.69, 9.17) is 22.1 Å². The van der Waals surface area contributed by atoms with Crippen LogP contribution < -0.4 is 10.5 Å². The summed E-state index contributed by atoms with van der Waals surface area (Å²) in [5.74, 6) is -0.0898. The van der Waals surface area contributed by atoms with E-state index in [0.717, 1.165) is 11.4 Å². The van der Waals surface area contributed by atoms with Crippen LogP contribution in [0.1, 0.15) is 18.3 Å². The van der Waals surface area contributed by atoms with E-state index >= 15 is 0 Å². The third-order valence-corrected chi connectivity index (χ3v) is 3.29. The molecule has 0 fully saturated rings. The third-order valence-electron chi connectivity index (χ3n) is 2.80. The number of aryl methyl sites for hydroxylation is 2. The van der Waals surface area contributed by atoms with Crippen molar-refractivity contribution in [2.75, 3.05) is 5.73 Å². The molecule has 1 heterocycles. The second-order valence-corrected chi connectivity index (χ2v) is 4.51. The number of nitrogen functional groups attached to an aromatic ring is 1. The maximum absolute atomic E-state index is 13.3. The molecule has 1 aromatic heterocycles. The Morgan fingerprint density at radius 1 is 1.47 bits per heavy atom. The Morgan fingerprint density at radius 3 is 2.84 bits per heavy atom. The van der Waals surface area contributed by atoms with Crippen molar-refractivity contribution >= 4 is 17.3 Å². The lowest BCUT2D eigenvalue weighted by Gasteiger charge is -2.09. The molecular formula is C13H15ClFN3O. The summed E-state index contributed by atoms with van der Waals surface area (Å²) in [6, 6.07) is 4.34. The maximum atomic E-state index is 13.3. The Morgan fingerprint density at radius 2 is 2.21 bits per heavy atom. The molecule has 0 atom stereocenters. The van der Waals surface area contributed by atoms with Gasteiger partial charge in [0.2, 0.25) is 0 Å². The van der Waals surface area contributed by atoms with Crippen molar-refractivity contribution in [2.24, 2.45) is 0 Å². The molecule has 0 bridgehead atoms. The molecule has 2 N–H and O–H groups in total. The molecule has 0 spiro atoms. The molecule has 2 rings (SSSR count). The van der Waals surface area contributed by atoms with Crippen LogP contribution in [0.4, 0.5) is 10.1 Å². The summed E-state index contributed by atoms with van der Waals surface area (Å²) in [6.45, 7) is 4.73. The zero-order chi connectivity index (χ0) is 14.0. The Hall–Kier alpha value is -1.75. The lowest BCUT2D eigenvalue weighted by molar-refractivity contribution is 0.291. The Labute approximate surface area is 115 Å². The van der Waals surface area contributed by atoms with Crippen LogP contribution in [0.15, 0.2) is 18.2 Å². The Kier molecular flexibility index (Phi) is 3.95. The minimum Gasteiger partial charge on any atom is -0.487 e. The molecule has 0 aliphatic rings. The van der Waals surface area contributed by atoms with Crippen molar-refractivity contribution in [3.05, 3.63) is 40.4 Å². The van der Waals surface area contributed by atoms with Crippen molar-refractivity contribution in [2.45, 2.75) is 27.0 Å². The van der Waals surface area contributed by atoms with Crippen LogP contribution in [0.5, 0.6) is 5.75 Å². The van der Waals surface area contributed by atoms with Crippen LogP contribution in [0.3, 0.4) is 0 Å². The minimum absolute atomic E-state index is 0.0971. The lowest BCUT2D eigenvalue weighted by atomic mass is 10.3. The van der Waals surface area contributed by atoms with E-state index in [9.17, 15) is 4.39 Å². The first kappa shape index (κ1) is 13.7. The average Bonchev–Trinajstić information content (AvgIpc) is 2.67. The van der Waals surface area contributed by atoms with Gasteiger partial charge in [0.25, 0.3) is 0 Å². The van der Waals surface area contributed by atoms with Crippen molar-refractivity contribution in [1.29, 1.82) is 0 Å². The fraction of sp³-hybridized carbons (Fsp3) is 0.308. The number of nitrogens with two attached hydrogens (primary N) is 1. The smallest absolute Gasteiger partial charge is 0.149 e. The van der Waals surface area contributed by atoms with Crippen LogP contribution in [0.2, 0.25) is 5.02 Å². The summed E-state index contributed by atoms with van der Waals surface area (Å²) in [4.78, 5) is 0. The summed E-state index contributed by atoms with van der Waals surface area (Å²) in [5, 5.41) is 4.86. The zero-order valence-corrected chi connectivity index (χ0v) is 11.5. The van der Waals surface area contributed by atoms with Gasteiger partial charge in [-0.2, -0.15) is 5.10 Å². The molecule has 4 nitrogen and oxygen atoms in total. The molecule has 0 aliphatic heterocycles. The lowest BCUT2D eigenvalue weighted by Crippen LogP contribution is -2.06. The zero-order valence-electron chi connectivity index (χ0n) is 10.8. The van der Waals surface area contributed by atoms with E-state index in [1.54, 1.807) is 10.7 Å². The van der Waals surface area contributed by atoms with Gasteiger partial charge < -0.3 is 10.5 Å². The maximum Gasteiger partial charge on any atom is 0.149 e. The molecule has 102 valence electrons. The highest BCUT2D eigenvalue weighted by Gasteiger charge is 2.13. The highest BCUT2D eigenvalue weighted by atomic mass is 35.5. The van der Waals surface area contributed by atoms with Gasteiger partial charge in [-0.05, 0) is 26.0 Å². The van der Waals surface area contributed by atoms with Gasteiger partial charge in [0.1, 0.15) is 18.2 Å². The molecule has 19 heavy (non-hydrogen) atoms. The molecule has 6 heteroatoms. The van der Waals surface area contributed by atoms with Crippen molar-refractivity contribution in [3.8, 4) is 5.75 Å². The molecular weight excluding hydrogens is 269 g/mol. The van der Waals surface area contributed by atoms with Gasteiger partial charge >= 0.3 is 0 Å². The molecule has 0 saturated heterocycles. The van der Waals surface area contributed by atoms with Crippen LogP contribution in [-0.4, -0.2) is 9.78 Å². The number of rotatable bonds is 4. The van der Waals surface area contributed by atoms with Crippen molar-refractivity contribution < 1.29 is 9.13 Å². The highest BCUT2D eigenvalue weighted by Crippen LogP contribution is 2.23. The number of nitrogens with zero attached hydrogens (tertiary/aromatic N) is 2. The fourth-order valence-electron chi connectivity index (χ4n) is 1.76. The highest BCUT2D eigenvalue weighted by molar-refractivity contribution is 6.31. The summed E-state index contributed by atoms with van der Waals surface area (Å²) in [7, 11) is 0. The van der Waals surface area contributed by atoms with Gasteiger partial charge in [-0.25, -0.2) is 4.39 Å². The molecule has 0 amide bonds. The first-order valence-corrected chi connectivity index (χ1v) is 6.30. The van der Waals surface area contributed by atoms with E-state index in [-0.39, 0.29) is 12.3 Å². The topological polar surface area (TPSA) is 53.1 Å². The van der Waals surface area contributed by atoms with E-state index in [1.807, 2.05) is 13.8 Å². The van der Waals surface area contributed by atoms with E-state index < -0.39 is 5.82 Å². The second kappa shape index (κ2) is 5.48. The second-order valence-electron chi connectivity index (χ2n) is 4.13. The van der Waals surface area contributed by atoms with Crippen LogP contribution in [0.25, 0.3) is 0 Å². The van der Waals surface area contributed by atoms with Gasteiger partial charge in [0.15, 0.2) is 0 Å². The first-order chi connectivity index (χ1) is 9.02. The summed E-state index contributed by atoms with van der Waals surface area (Å²) >= 11 is 6.16. The molecule has 0 unspecified atom stereocenters. The number of halogens is 2. The van der Waals surface area contributed by atoms with Gasteiger partial charge in [0, 0.05) is 12.6 Å². The van der Waals surface area contributed by atoms with E-state index in [1.165, 1.54) is 12.1 Å². The Balaban J connectivity index is 2.16. The van der Waals surface area contributed by atoms with Gasteiger partial charge in [0.05, 0.1) is 22.1 Å². The Bertz CT molecular complexity index is 598. The summed E-state index contributed by atoms with van der Waals surface area (Å²) in [6.07, 6.45) is 0. The molecule has 2 aromatic rings. The third kappa shape index (κ3) is 2.81. The predicted molar refractivity (Wildman–Crippen MR) is 72.8 cm³/mol. The summed E-state index contributed by atoms with van der Waals surface area (Å²) in [5.41, 5.74) is 7.03. The van der Waals surface area contributed by atoms with Crippen LogP contribution in [-0.2, 0) is 13.2 Å². The monoisotopic (exact) mass is 283 g/mol. The van der Waals surface area contributed by atoms with Crippen LogP contribution in [0, 0.1) is 12.7 Å². The van der Waals surface area contributed by atoms with Gasteiger partial charge in [-0.15, -0.1) is 0 Å². The number of aromatic nitrogens is 2. The molecule has 0 saturated carbocycles. The fourth-order valence-corrected chi connectivity index (χ4v) is 1.95.